The standard InChI is InChI=1S/C15H18N2O5/c1-3-7-21-11-6-5-10(9-12(11)22-8-4-2)17-14(19)13(18)16-15(17)20/h5-6,9H,3-4,7-8H2,1-2H3,(H,16,18,20). The molecule has 0 atom stereocenters. The minimum Gasteiger partial charge on any atom is -0.490 e. The average Bonchev–Trinajstić information content (AvgIpc) is 2.76. The molecule has 1 saturated heterocycles. The molecule has 1 aliphatic heterocycles. The summed E-state index contributed by atoms with van der Waals surface area (Å²) < 4.78 is 11.2. The van der Waals surface area contributed by atoms with Gasteiger partial charge in [0.25, 0.3) is 0 Å². The van der Waals surface area contributed by atoms with E-state index in [4.69, 9.17) is 9.47 Å². The number of carbonyl (C=O) groups excluding carboxylic acids is 3. The summed E-state index contributed by atoms with van der Waals surface area (Å²) in [7, 11) is 0. The summed E-state index contributed by atoms with van der Waals surface area (Å²) in [4.78, 5) is 35.4. The molecule has 0 saturated carbocycles. The molecule has 118 valence electrons. The van der Waals surface area contributed by atoms with Crippen LogP contribution in [0.3, 0.4) is 0 Å². The maximum absolute atomic E-state index is 11.7. The van der Waals surface area contributed by atoms with E-state index < -0.39 is 17.8 Å². The highest BCUT2D eigenvalue weighted by molar-refractivity contribution is 6.53. The molecule has 0 aromatic heterocycles. The molecule has 1 aromatic rings. The van der Waals surface area contributed by atoms with Gasteiger partial charge in [-0.2, -0.15) is 0 Å². The van der Waals surface area contributed by atoms with Gasteiger partial charge in [-0.15, -0.1) is 0 Å². The van der Waals surface area contributed by atoms with Crippen molar-refractivity contribution in [1.29, 1.82) is 0 Å². The summed E-state index contributed by atoms with van der Waals surface area (Å²) >= 11 is 0. The smallest absolute Gasteiger partial charge is 0.336 e. The second-order valence-corrected chi connectivity index (χ2v) is 4.73. The Morgan fingerprint density at radius 2 is 1.64 bits per heavy atom. The van der Waals surface area contributed by atoms with E-state index in [1.54, 1.807) is 12.1 Å². The van der Waals surface area contributed by atoms with Crippen LogP contribution in [0.15, 0.2) is 18.2 Å². The maximum Gasteiger partial charge on any atom is 0.336 e. The molecule has 1 heterocycles. The normalized spacial score (nSPS) is 14.3. The van der Waals surface area contributed by atoms with Gasteiger partial charge in [0.05, 0.1) is 18.9 Å². The van der Waals surface area contributed by atoms with E-state index in [1.165, 1.54) is 6.07 Å². The molecule has 0 unspecified atom stereocenters. The molecular weight excluding hydrogens is 288 g/mol. The van der Waals surface area contributed by atoms with Crippen LogP contribution in [0, 0.1) is 0 Å². The molecule has 22 heavy (non-hydrogen) atoms. The third kappa shape index (κ3) is 3.19. The minimum absolute atomic E-state index is 0.267. The third-order valence-corrected chi connectivity index (χ3v) is 2.93. The van der Waals surface area contributed by atoms with Gasteiger partial charge in [-0.1, -0.05) is 13.8 Å². The Kier molecular flexibility index (Phi) is 4.98. The Bertz CT molecular complexity index is 600. The van der Waals surface area contributed by atoms with Crippen LogP contribution in [0.2, 0.25) is 0 Å². The lowest BCUT2D eigenvalue weighted by Gasteiger charge is -2.16. The van der Waals surface area contributed by atoms with Crippen LogP contribution in [0.5, 0.6) is 11.5 Å². The molecule has 0 aliphatic carbocycles. The number of carbonyl (C=O) groups is 3. The predicted molar refractivity (Wildman–Crippen MR) is 79.0 cm³/mol. The number of ether oxygens (including phenoxy) is 2. The van der Waals surface area contributed by atoms with Gasteiger partial charge in [-0.25, -0.2) is 9.69 Å². The Labute approximate surface area is 128 Å². The molecule has 1 aromatic carbocycles. The summed E-state index contributed by atoms with van der Waals surface area (Å²) in [5, 5.41) is 1.95. The van der Waals surface area contributed by atoms with E-state index in [2.05, 4.69) is 0 Å². The number of anilines is 1. The molecule has 4 amide bonds. The summed E-state index contributed by atoms with van der Waals surface area (Å²) in [6.45, 7) is 4.96. The van der Waals surface area contributed by atoms with E-state index in [0.717, 1.165) is 17.7 Å². The molecule has 0 bridgehead atoms. The summed E-state index contributed by atoms with van der Waals surface area (Å²) in [5.74, 6) is -0.869. The molecule has 1 fully saturated rings. The Hall–Kier alpha value is -2.57. The Morgan fingerprint density at radius 1 is 1.00 bits per heavy atom. The first kappa shape index (κ1) is 15.8. The number of nitrogens with one attached hydrogen (secondary N) is 1. The largest absolute Gasteiger partial charge is 0.490 e. The number of benzene rings is 1. The van der Waals surface area contributed by atoms with Gasteiger partial charge in [-0.05, 0) is 25.0 Å². The maximum atomic E-state index is 11.7. The number of rotatable bonds is 7. The zero-order chi connectivity index (χ0) is 16.1. The van der Waals surface area contributed by atoms with Crippen molar-refractivity contribution in [2.24, 2.45) is 0 Å². The van der Waals surface area contributed by atoms with Gasteiger partial charge in [0.2, 0.25) is 0 Å². The quantitative estimate of drug-likeness (QED) is 0.614. The van der Waals surface area contributed by atoms with E-state index in [-0.39, 0.29) is 5.69 Å². The first-order valence-corrected chi connectivity index (χ1v) is 7.17. The highest BCUT2D eigenvalue weighted by Crippen LogP contribution is 2.33. The van der Waals surface area contributed by atoms with Crippen molar-refractivity contribution in [2.75, 3.05) is 18.1 Å². The van der Waals surface area contributed by atoms with E-state index in [0.29, 0.717) is 24.7 Å². The number of amides is 4. The van der Waals surface area contributed by atoms with Gasteiger partial charge in [-0.3, -0.25) is 14.9 Å². The summed E-state index contributed by atoms with van der Waals surface area (Å²) in [6, 6.07) is 3.93. The lowest BCUT2D eigenvalue weighted by molar-refractivity contribution is -0.134. The molecule has 7 nitrogen and oxygen atoms in total. The lowest BCUT2D eigenvalue weighted by atomic mass is 10.2. The van der Waals surface area contributed by atoms with Crippen LogP contribution in [-0.4, -0.2) is 31.1 Å². The molecule has 0 spiro atoms. The van der Waals surface area contributed by atoms with Crippen LogP contribution in [0.4, 0.5) is 10.5 Å². The highest BCUT2D eigenvalue weighted by atomic mass is 16.5. The number of imide groups is 2. The Morgan fingerprint density at radius 3 is 2.18 bits per heavy atom. The number of hydrogen-bond acceptors (Lipinski definition) is 5. The molecule has 1 N–H and O–H groups in total. The van der Waals surface area contributed by atoms with Crippen LogP contribution in [0.25, 0.3) is 0 Å². The van der Waals surface area contributed by atoms with Gasteiger partial charge >= 0.3 is 17.8 Å². The fraction of sp³-hybridized carbons (Fsp3) is 0.400. The molecule has 1 aliphatic rings. The monoisotopic (exact) mass is 306 g/mol. The Balaban J connectivity index is 2.31. The fourth-order valence-corrected chi connectivity index (χ4v) is 1.93. The van der Waals surface area contributed by atoms with Crippen molar-refractivity contribution >= 4 is 23.5 Å². The van der Waals surface area contributed by atoms with Crippen LogP contribution in [0.1, 0.15) is 26.7 Å². The van der Waals surface area contributed by atoms with Gasteiger partial charge in [0, 0.05) is 6.07 Å². The summed E-state index contributed by atoms with van der Waals surface area (Å²) in [5.41, 5.74) is 0.267. The zero-order valence-electron chi connectivity index (χ0n) is 12.5. The molecule has 7 heteroatoms. The summed E-state index contributed by atoms with van der Waals surface area (Å²) in [6.07, 6.45) is 1.65. The lowest BCUT2D eigenvalue weighted by Crippen LogP contribution is -2.30. The average molecular weight is 306 g/mol. The first-order valence-electron chi connectivity index (χ1n) is 7.17. The van der Waals surface area contributed by atoms with Crippen LogP contribution < -0.4 is 19.7 Å². The van der Waals surface area contributed by atoms with E-state index in [1.807, 2.05) is 19.2 Å². The minimum atomic E-state index is -0.938. The second kappa shape index (κ2) is 6.93. The van der Waals surface area contributed by atoms with Crippen molar-refractivity contribution in [2.45, 2.75) is 26.7 Å². The molecule has 2 rings (SSSR count). The van der Waals surface area contributed by atoms with Gasteiger partial charge in [0.15, 0.2) is 11.5 Å². The van der Waals surface area contributed by atoms with Crippen molar-refractivity contribution in [3.8, 4) is 11.5 Å². The highest BCUT2D eigenvalue weighted by Gasteiger charge is 2.38. The van der Waals surface area contributed by atoms with E-state index in [9.17, 15) is 14.4 Å². The SMILES string of the molecule is CCCOc1ccc(N2C(=O)NC(=O)C2=O)cc1OCCC. The van der Waals surface area contributed by atoms with Crippen LogP contribution in [-0.2, 0) is 9.59 Å². The van der Waals surface area contributed by atoms with Gasteiger partial charge in [0.1, 0.15) is 0 Å². The zero-order valence-corrected chi connectivity index (χ0v) is 12.5. The fourth-order valence-electron chi connectivity index (χ4n) is 1.93. The van der Waals surface area contributed by atoms with Crippen molar-refractivity contribution in [1.82, 2.24) is 5.32 Å². The van der Waals surface area contributed by atoms with Crippen molar-refractivity contribution in [3.63, 3.8) is 0 Å². The second-order valence-electron chi connectivity index (χ2n) is 4.73. The predicted octanol–water partition coefficient (Wildman–Crippen LogP) is 1.85. The van der Waals surface area contributed by atoms with Crippen LogP contribution >= 0.6 is 0 Å². The molecular formula is C15H18N2O5. The molecule has 0 radical (unpaired) electrons. The van der Waals surface area contributed by atoms with E-state index >= 15 is 0 Å². The number of nitrogens with zero attached hydrogens (tertiary/aromatic N) is 1. The van der Waals surface area contributed by atoms with Crippen molar-refractivity contribution in [3.05, 3.63) is 18.2 Å². The van der Waals surface area contributed by atoms with Crippen molar-refractivity contribution < 1.29 is 23.9 Å². The number of urea groups is 1. The topological polar surface area (TPSA) is 84.9 Å². The van der Waals surface area contributed by atoms with Gasteiger partial charge < -0.3 is 9.47 Å². The third-order valence-electron chi connectivity index (χ3n) is 2.93. The number of hydrogen-bond donors (Lipinski definition) is 1. The first-order chi connectivity index (χ1) is 10.6.